The van der Waals surface area contributed by atoms with E-state index in [-0.39, 0.29) is 26.2 Å². The second kappa shape index (κ2) is 4.72. The summed E-state index contributed by atoms with van der Waals surface area (Å²) in [6.07, 6.45) is 5.66. The molecule has 0 atom stereocenters. The van der Waals surface area contributed by atoms with Gasteiger partial charge >= 0.3 is 0 Å². The van der Waals surface area contributed by atoms with Crippen molar-refractivity contribution < 1.29 is 26.2 Å². The quantitative estimate of drug-likeness (QED) is 0.713. The summed E-state index contributed by atoms with van der Waals surface area (Å²) < 4.78 is 0. The molecule has 1 aliphatic rings. The molecule has 0 aliphatic heterocycles. The van der Waals surface area contributed by atoms with E-state index < -0.39 is 0 Å². The van der Waals surface area contributed by atoms with Crippen molar-refractivity contribution in [2.45, 2.75) is 13.3 Å². The Morgan fingerprint density at radius 3 is 2.31 bits per heavy atom. The molecule has 2 rings (SSSR count). The van der Waals surface area contributed by atoms with Crippen molar-refractivity contribution >= 4 is 5.57 Å². The molecule has 0 amide bonds. The molecule has 1 aromatic rings. The Bertz CT molecular complexity index is 333. The number of benzene rings is 1. The van der Waals surface area contributed by atoms with Gasteiger partial charge in [-0.15, -0.1) is 0 Å². The molecular formula is C12H12Zr. The minimum Gasteiger partial charge on any atom is -0.0726 e. The molecule has 0 radical (unpaired) electrons. The molecule has 0 saturated carbocycles. The monoisotopic (exact) mass is 246 g/mol. The van der Waals surface area contributed by atoms with Crippen LogP contribution in [0.5, 0.6) is 0 Å². The van der Waals surface area contributed by atoms with Crippen LogP contribution in [0.2, 0.25) is 0 Å². The Hall–Kier alpha value is -0.417. The molecule has 0 fully saturated rings. The first-order valence-corrected chi connectivity index (χ1v) is 4.29. The standard InChI is InChI=1S/C12H12.Zr/c1-10-7-8-12(9-10)11-5-3-2-4-6-11;/h2-6,8-9H,7H2,1H3;. The summed E-state index contributed by atoms with van der Waals surface area (Å²) in [6, 6.07) is 10.5. The molecule has 0 N–H and O–H groups in total. The van der Waals surface area contributed by atoms with Gasteiger partial charge in [-0.25, -0.2) is 0 Å². The van der Waals surface area contributed by atoms with Crippen LogP contribution in [0.25, 0.3) is 5.57 Å². The summed E-state index contributed by atoms with van der Waals surface area (Å²) in [5, 5.41) is 0. The molecule has 0 spiro atoms. The first kappa shape index (κ1) is 10.7. The largest absolute Gasteiger partial charge is 0.0726 e. The normalized spacial score (nSPS) is 14.5. The van der Waals surface area contributed by atoms with Crippen LogP contribution in [0.3, 0.4) is 0 Å². The Morgan fingerprint density at radius 2 is 1.77 bits per heavy atom. The molecule has 0 heterocycles. The maximum absolute atomic E-state index is 2.28. The predicted octanol–water partition coefficient (Wildman–Crippen LogP) is 3.42. The summed E-state index contributed by atoms with van der Waals surface area (Å²) in [6.45, 7) is 2.17. The van der Waals surface area contributed by atoms with E-state index in [9.17, 15) is 0 Å². The summed E-state index contributed by atoms with van der Waals surface area (Å²) in [4.78, 5) is 0. The van der Waals surface area contributed by atoms with Gasteiger partial charge in [-0.2, -0.15) is 0 Å². The summed E-state index contributed by atoms with van der Waals surface area (Å²) in [5.41, 5.74) is 4.15. The summed E-state index contributed by atoms with van der Waals surface area (Å²) in [5.74, 6) is 0. The third-order valence-corrected chi connectivity index (χ3v) is 2.15. The van der Waals surface area contributed by atoms with Crippen molar-refractivity contribution in [3.63, 3.8) is 0 Å². The molecule has 1 heteroatoms. The fourth-order valence-electron chi connectivity index (χ4n) is 1.49. The van der Waals surface area contributed by atoms with Gasteiger partial charge < -0.3 is 0 Å². The van der Waals surface area contributed by atoms with Gasteiger partial charge in [0.1, 0.15) is 0 Å². The number of allylic oxidation sites excluding steroid dienone is 4. The summed E-state index contributed by atoms with van der Waals surface area (Å²) in [7, 11) is 0. The van der Waals surface area contributed by atoms with E-state index in [0.717, 1.165) is 6.42 Å². The van der Waals surface area contributed by atoms with Crippen LogP contribution in [-0.2, 0) is 26.2 Å². The summed E-state index contributed by atoms with van der Waals surface area (Å²) >= 11 is 0. The van der Waals surface area contributed by atoms with Crippen LogP contribution in [-0.4, -0.2) is 0 Å². The van der Waals surface area contributed by atoms with Crippen molar-refractivity contribution in [2.24, 2.45) is 0 Å². The Labute approximate surface area is 98.5 Å². The number of hydrogen-bond acceptors (Lipinski definition) is 0. The van der Waals surface area contributed by atoms with E-state index in [1.54, 1.807) is 0 Å². The maximum atomic E-state index is 2.28. The minimum absolute atomic E-state index is 0. The first-order chi connectivity index (χ1) is 5.86. The zero-order chi connectivity index (χ0) is 8.39. The molecule has 1 aliphatic carbocycles. The van der Waals surface area contributed by atoms with E-state index in [0.29, 0.717) is 0 Å². The third-order valence-electron chi connectivity index (χ3n) is 2.15. The zero-order valence-corrected chi connectivity index (χ0v) is 10.2. The van der Waals surface area contributed by atoms with Gasteiger partial charge in [0.25, 0.3) is 0 Å². The molecule has 0 bridgehead atoms. The molecule has 0 unspecified atom stereocenters. The van der Waals surface area contributed by atoms with Gasteiger partial charge in [-0.1, -0.05) is 48.1 Å². The van der Waals surface area contributed by atoms with E-state index in [1.807, 2.05) is 0 Å². The Morgan fingerprint density at radius 1 is 1.08 bits per heavy atom. The van der Waals surface area contributed by atoms with Gasteiger partial charge in [0.05, 0.1) is 0 Å². The molecule has 64 valence electrons. The Balaban J connectivity index is 0.000000845. The fraction of sp³-hybridized carbons (Fsp3) is 0.167. The van der Waals surface area contributed by atoms with Crippen LogP contribution in [0, 0.1) is 0 Å². The predicted molar refractivity (Wildman–Crippen MR) is 52.8 cm³/mol. The van der Waals surface area contributed by atoms with E-state index in [2.05, 4.69) is 49.4 Å². The smallest absolute Gasteiger partial charge is 0 e. The Kier molecular flexibility index (Phi) is 3.87. The third kappa shape index (κ3) is 2.51. The van der Waals surface area contributed by atoms with Gasteiger partial charge in [0.2, 0.25) is 0 Å². The van der Waals surface area contributed by atoms with Gasteiger partial charge in [0.15, 0.2) is 0 Å². The van der Waals surface area contributed by atoms with Crippen molar-refractivity contribution in [3.05, 3.63) is 53.6 Å². The number of rotatable bonds is 1. The van der Waals surface area contributed by atoms with Crippen LogP contribution < -0.4 is 0 Å². The van der Waals surface area contributed by atoms with E-state index in [1.165, 1.54) is 16.7 Å². The molecule has 0 saturated heterocycles. The average molecular weight is 247 g/mol. The van der Waals surface area contributed by atoms with Crippen LogP contribution in [0.15, 0.2) is 48.1 Å². The van der Waals surface area contributed by atoms with Crippen molar-refractivity contribution in [1.29, 1.82) is 0 Å². The van der Waals surface area contributed by atoms with Gasteiger partial charge in [0, 0.05) is 26.2 Å². The molecular weight excluding hydrogens is 235 g/mol. The average Bonchev–Trinajstić information content (AvgIpc) is 2.54. The van der Waals surface area contributed by atoms with E-state index in [4.69, 9.17) is 0 Å². The van der Waals surface area contributed by atoms with Crippen molar-refractivity contribution in [1.82, 2.24) is 0 Å². The van der Waals surface area contributed by atoms with Gasteiger partial charge in [-0.3, -0.25) is 0 Å². The topological polar surface area (TPSA) is 0 Å². The van der Waals surface area contributed by atoms with Crippen LogP contribution in [0.4, 0.5) is 0 Å². The minimum atomic E-state index is 0. The second-order valence-electron chi connectivity index (χ2n) is 3.22. The fourth-order valence-corrected chi connectivity index (χ4v) is 1.49. The molecule has 1 aromatic carbocycles. The van der Waals surface area contributed by atoms with Gasteiger partial charge in [-0.05, 0) is 24.5 Å². The second-order valence-corrected chi connectivity index (χ2v) is 3.22. The number of hydrogen-bond donors (Lipinski definition) is 0. The van der Waals surface area contributed by atoms with Crippen molar-refractivity contribution in [2.75, 3.05) is 0 Å². The first-order valence-electron chi connectivity index (χ1n) is 4.29. The van der Waals surface area contributed by atoms with E-state index >= 15 is 0 Å². The van der Waals surface area contributed by atoms with Crippen molar-refractivity contribution in [3.8, 4) is 0 Å². The molecule has 0 nitrogen and oxygen atoms in total. The molecule has 13 heavy (non-hydrogen) atoms. The SMILES string of the molecule is CC1=CC(c2ccccc2)=CC1.[Zr]. The van der Waals surface area contributed by atoms with Crippen LogP contribution in [0.1, 0.15) is 18.9 Å². The van der Waals surface area contributed by atoms with Crippen LogP contribution >= 0.6 is 0 Å². The zero-order valence-electron chi connectivity index (χ0n) is 7.75. The maximum Gasteiger partial charge on any atom is 0 e. The molecule has 0 aromatic heterocycles.